The maximum atomic E-state index is 9.59. The third kappa shape index (κ3) is 3.09. The monoisotopic (exact) mass is 342 g/mol. The third-order valence-electron chi connectivity index (χ3n) is 3.39. The maximum absolute atomic E-state index is 9.59. The van der Waals surface area contributed by atoms with E-state index >= 15 is 0 Å². The number of hydrogen-bond acceptors (Lipinski definition) is 2. The molecule has 21 heavy (non-hydrogen) atoms. The van der Waals surface area contributed by atoms with Gasteiger partial charge in [-0.25, -0.2) is 0 Å². The maximum Gasteiger partial charge on any atom is 0.128 e. The average Bonchev–Trinajstić information content (AvgIpc) is 2.52. The zero-order chi connectivity index (χ0) is 14.7. The Morgan fingerprint density at radius 3 is 2.52 bits per heavy atom. The summed E-state index contributed by atoms with van der Waals surface area (Å²) < 4.78 is 6.92. The Morgan fingerprint density at radius 2 is 1.76 bits per heavy atom. The van der Waals surface area contributed by atoms with Gasteiger partial charge in [-0.3, -0.25) is 0 Å². The zero-order valence-corrected chi connectivity index (χ0v) is 13.0. The number of halogens is 1. The topological polar surface area (TPSA) is 29.5 Å². The number of rotatable bonds is 4. The normalized spacial score (nSPS) is 10.8. The summed E-state index contributed by atoms with van der Waals surface area (Å²) in [5.41, 5.74) is 1.99. The predicted octanol–water partition coefficient (Wildman–Crippen LogP) is 4.67. The van der Waals surface area contributed by atoms with Crippen LogP contribution in [0.15, 0.2) is 65.1 Å². The van der Waals surface area contributed by atoms with Gasteiger partial charge in [0, 0.05) is 9.86 Å². The molecule has 0 bridgehead atoms. The Labute approximate surface area is 132 Å². The molecule has 3 rings (SSSR count). The lowest BCUT2D eigenvalue weighted by atomic mass is 10.0. The van der Waals surface area contributed by atoms with Gasteiger partial charge in [0.05, 0.1) is 6.61 Å². The molecule has 106 valence electrons. The van der Waals surface area contributed by atoms with Crippen molar-refractivity contribution < 1.29 is 9.84 Å². The highest BCUT2D eigenvalue weighted by Crippen LogP contribution is 2.32. The van der Waals surface area contributed by atoms with Gasteiger partial charge in [0.25, 0.3) is 0 Å². The molecule has 3 aromatic carbocycles. The van der Waals surface area contributed by atoms with Crippen molar-refractivity contribution in [2.75, 3.05) is 0 Å². The Bertz CT molecular complexity index is 754. The molecule has 0 unspecified atom stereocenters. The first-order valence-electron chi connectivity index (χ1n) is 6.76. The smallest absolute Gasteiger partial charge is 0.128 e. The SMILES string of the molecule is OCc1cc(Br)cc2cccc(OCc3ccccc3)c12. The van der Waals surface area contributed by atoms with E-state index in [0.29, 0.717) is 6.61 Å². The lowest BCUT2D eigenvalue weighted by Crippen LogP contribution is -1.97. The first-order chi connectivity index (χ1) is 10.3. The second kappa shape index (κ2) is 6.29. The van der Waals surface area contributed by atoms with Crippen molar-refractivity contribution in [3.8, 4) is 5.75 Å². The van der Waals surface area contributed by atoms with Crippen molar-refractivity contribution in [2.24, 2.45) is 0 Å². The van der Waals surface area contributed by atoms with Crippen molar-refractivity contribution in [3.63, 3.8) is 0 Å². The summed E-state index contributed by atoms with van der Waals surface area (Å²) in [7, 11) is 0. The van der Waals surface area contributed by atoms with Gasteiger partial charge in [-0.1, -0.05) is 58.4 Å². The van der Waals surface area contributed by atoms with Crippen LogP contribution in [0.5, 0.6) is 5.75 Å². The van der Waals surface area contributed by atoms with E-state index < -0.39 is 0 Å². The van der Waals surface area contributed by atoms with E-state index in [-0.39, 0.29) is 6.61 Å². The number of fused-ring (bicyclic) bond motifs is 1. The van der Waals surface area contributed by atoms with Gasteiger partial charge in [0.2, 0.25) is 0 Å². The summed E-state index contributed by atoms with van der Waals surface area (Å²) in [5, 5.41) is 11.6. The van der Waals surface area contributed by atoms with Gasteiger partial charge in [-0.05, 0) is 34.7 Å². The summed E-state index contributed by atoms with van der Waals surface area (Å²) in [6.45, 7) is 0.503. The third-order valence-corrected chi connectivity index (χ3v) is 3.85. The largest absolute Gasteiger partial charge is 0.488 e. The number of aliphatic hydroxyl groups is 1. The summed E-state index contributed by atoms with van der Waals surface area (Å²) >= 11 is 3.47. The highest BCUT2D eigenvalue weighted by atomic mass is 79.9. The van der Waals surface area contributed by atoms with Crippen molar-refractivity contribution >= 4 is 26.7 Å². The van der Waals surface area contributed by atoms with Crippen LogP contribution >= 0.6 is 15.9 Å². The molecule has 3 aromatic rings. The predicted molar refractivity (Wildman–Crippen MR) is 88.3 cm³/mol. The Balaban J connectivity index is 1.98. The Hall–Kier alpha value is -1.84. The molecule has 0 amide bonds. The molecule has 1 N–H and O–H groups in total. The molecule has 0 saturated heterocycles. The molecular weight excluding hydrogens is 328 g/mol. The highest BCUT2D eigenvalue weighted by molar-refractivity contribution is 9.10. The van der Waals surface area contributed by atoms with Gasteiger partial charge in [-0.15, -0.1) is 0 Å². The van der Waals surface area contributed by atoms with E-state index in [1.807, 2.05) is 60.7 Å². The lowest BCUT2D eigenvalue weighted by Gasteiger charge is -2.12. The van der Waals surface area contributed by atoms with Crippen LogP contribution in [0.3, 0.4) is 0 Å². The van der Waals surface area contributed by atoms with E-state index in [4.69, 9.17) is 4.74 Å². The van der Waals surface area contributed by atoms with Crippen LogP contribution in [0.4, 0.5) is 0 Å². The minimum atomic E-state index is -0.0123. The summed E-state index contributed by atoms with van der Waals surface area (Å²) in [6.07, 6.45) is 0. The number of hydrogen-bond donors (Lipinski definition) is 1. The van der Waals surface area contributed by atoms with Crippen LogP contribution in [0, 0.1) is 0 Å². The quantitative estimate of drug-likeness (QED) is 0.746. The molecule has 3 heteroatoms. The molecule has 0 radical (unpaired) electrons. The minimum absolute atomic E-state index is 0.0123. The van der Waals surface area contributed by atoms with Crippen LogP contribution in [-0.2, 0) is 13.2 Å². The molecule has 0 aliphatic rings. The minimum Gasteiger partial charge on any atom is -0.488 e. The van der Waals surface area contributed by atoms with Crippen molar-refractivity contribution in [1.82, 2.24) is 0 Å². The fourth-order valence-electron chi connectivity index (χ4n) is 2.42. The number of benzene rings is 3. The molecule has 0 atom stereocenters. The molecule has 0 spiro atoms. The van der Waals surface area contributed by atoms with Gasteiger partial charge in [0.15, 0.2) is 0 Å². The average molecular weight is 343 g/mol. The van der Waals surface area contributed by atoms with Crippen LogP contribution in [0.25, 0.3) is 10.8 Å². The Kier molecular flexibility index (Phi) is 4.23. The summed E-state index contributed by atoms with van der Waals surface area (Å²) in [5.74, 6) is 0.799. The molecule has 0 aromatic heterocycles. The van der Waals surface area contributed by atoms with Gasteiger partial charge in [0.1, 0.15) is 12.4 Å². The fourth-order valence-corrected chi connectivity index (χ4v) is 2.94. The van der Waals surface area contributed by atoms with Crippen LogP contribution in [0.1, 0.15) is 11.1 Å². The fraction of sp³-hybridized carbons (Fsp3) is 0.111. The molecule has 0 aliphatic heterocycles. The molecule has 0 aliphatic carbocycles. The molecule has 0 heterocycles. The van der Waals surface area contributed by atoms with Crippen LogP contribution in [-0.4, -0.2) is 5.11 Å². The molecular formula is C18H15BrO2. The van der Waals surface area contributed by atoms with E-state index in [1.54, 1.807) is 0 Å². The van der Waals surface area contributed by atoms with Gasteiger partial charge >= 0.3 is 0 Å². The molecule has 0 saturated carbocycles. The van der Waals surface area contributed by atoms with Crippen LogP contribution in [0.2, 0.25) is 0 Å². The van der Waals surface area contributed by atoms with Gasteiger partial charge in [-0.2, -0.15) is 0 Å². The Morgan fingerprint density at radius 1 is 0.952 bits per heavy atom. The number of aliphatic hydroxyl groups excluding tert-OH is 1. The second-order valence-corrected chi connectivity index (χ2v) is 5.77. The zero-order valence-electron chi connectivity index (χ0n) is 11.4. The molecule has 0 fully saturated rings. The first kappa shape index (κ1) is 14.1. The van der Waals surface area contributed by atoms with Crippen molar-refractivity contribution in [1.29, 1.82) is 0 Å². The van der Waals surface area contributed by atoms with Crippen LogP contribution < -0.4 is 4.74 Å². The first-order valence-corrected chi connectivity index (χ1v) is 7.56. The molecule has 2 nitrogen and oxygen atoms in total. The van der Waals surface area contributed by atoms with E-state index in [2.05, 4.69) is 15.9 Å². The van der Waals surface area contributed by atoms with E-state index in [1.165, 1.54) is 0 Å². The second-order valence-electron chi connectivity index (χ2n) is 4.85. The van der Waals surface area contributed by atoms with E-state index in [9.17, 15) is 5.11 Å². The summed E-state index contributed by atoms with van der Waals surface area (Å²) in [4.78, 5) is 0. The lowest BCUT2D eigenvalue weighted by molar-refractivity contribution is 0.281. The van der Waals surface area contributed by atoms with Crippen molar-refractivity contribution in [2.45, 2.75) is 13.2 Å². The van der Waals surface area contributed by atoms with Crippen molar-refractivity contribution in [3.05, 3.63) is 76.3 Å². The van der Waals surface area contributed by atoms with Gasteiger partial charge < -0.3 is 9.84 Å². The highest BCUT2D eigenvalue weighted by Gasteiger charge is 2.08. The van der Waals surface area contributed by atoms with E-state index in [0.717, 1.165) is 32.1 Å². The summed E-state index contributed by atoms with van der Waals surface area (Å²) in [6, 6.07) is 20.0. The number of ether oxygens (including phenoxy) is 1. The standard InChI is InChI=1S/C18H15BrO2/c19-16-9-14-7-4-8-17(18(14)15(10-16)11-20)21-12-13-5-2-1-3-6-13/h1-10,20H,11-12H2.